The molecule has 1 N–H and O–H groups in total. The Balaban J connectivity index is 1.72. The lowest BCUT2D eigenvalue weighted by Gasteiger charge is -2.24. The largest absolute Gasteiger partial charge is 0.381 e. The molecule has 0 aromatic carbocycles. The van der Waals surface area contributed by atoms with Gasteiger partial charge in [0.1, 0.15) is 12.7 Å². The molecule has 1 fully saturated rings. The van der Waals surface area contributed by atoms with Gasteiger partial charge < -0.3 is 15.0 Å². The van der Waals surface area contributed by atoms with Crippen LogP contribution in [0.25, 0.3) is 0 Å². The summed E-state index contributed by atoms with van der Waals surface area (Å²) in [6.07, 6.45) is 4.39. The molecular formula is C12H22N6O. The summed E-state index contributed by atoms with van der Waals surface area (Å²) in [5, 5.41) is 7.39. The second kappa shape index (κ2) is 7.08. The minimum Gasteiger partial charge on any atom is -0.381 e. The molecule has 0 amide bonds. The Morgan fingerprint density at radius 2 is 2.53 bits per heavy atom. The number of aliphatic imine (C=N–C) groups is 1. The van der Waals surface area contributed by atoms with Gasteiger partial charge in [0.2, 0.25) is 0 Å². The predicted octanol–water partition coefficient (Wildman–Crippen LogP) is -0.178. The molecule has 2 rings (SSSR count). The maximum Gasteiger partial charge on any atom is 0.193 e. The molecule has 1 saturated heterocycles. The highest BCUT2D eigenvalue weighted by Crippen LogP contribution is 2.13. The van der Waals surface area contributed by atoms with E-state index in [0.29, 0.717) is 5.92 Å². The van der Waals surface area contributed by atoms with Crippen molar-refractivity contribution in [3.05, 3.63) is 12.7 Å². The molecule has 7 nitrogen and oxygen atoms in total. The fraction of sp³-hybridized carbons (Fsp3) is 0.750. The molecule has 2 heterocycles. The van der Waals surface area contributed by atoms with Gasteiger partial charge in [-0.15, -0.1) is 0 Å². The Hall–Kier alpha value is -1.63. The van der Waals surface area contributed by atoms with Gasteiger partial charge in [-0.1, -0.05) is 0 Å². The molecule has 0 bridgehead atoms. The van der Waals surface area contributed by atoms with Crippen molar-refractivity contribution in [2.24, 2.45) is 10.9 Å². The molecule has 0 spiro atoms. The highest BCUT2D eigenvalue weighted by atomic mass is 16.5. The van der Waals surface area contributed by atoms with E-state index in [4.69, 9.17) is 4.74 Å². The van der Waals surface area contributed by atoms with Crippen LogP contribution in [0, 0.1) is 5.92 Å². The number of nitrogens with one attached hydrogen (secondary N) is 1. The number of guanidine groups is 1. The van der Waals surface area contributed by atoms with Gasteiger partial charge in [0.25, 0.3) is 0 Å². The van der Waals surface area contributed by atoms with Crippen LogP contribution in [0.2, 0.25) is 0 Å². The molecule has 19 heavy (non-hydrogen) atoms. The van der Waals surface area contributed by atoms with Gasteiger partial charge in [-0.2, -0.15) is 5.10 Å². The maximum atomic E-state index is 5.40. The third-order valence-corrected chi connectivity index (χ3v) is 3.22. The van der Waals surface area contributed by atoms with E-state index in [0.717, 1.165) is 45.2 Å². The molecule has 0 saturated carbocycles. The van der Waals surface area contributed by atoms with Crippen LogP contribution < -0.4 is 5.32 Å². The Kier molecular flexibility index (Phi) is 5.14. The Labute approximate surface area is 113 Å². The second-order valence-electron chi connectivity index (χ2n) is 4.74. The molecule has 0 radical (unpaired) electrons. The SMILES string of the molecule is CN=C(NCCn1cncn1)N(C)CC1CCOC1. The summed E-state index contributed by atoms with van der Waals surface area (Å²) in [6.45, 7) is 4.28. The molecule has 1 unspecified atom stereocenters. The lowest BCUT2D eigenvalue weighted by Crippen LogP contribution is -2.42. The van der Waals surface area contributed by atoms with Crippen molar-refractivity contribution in [3.63, 3.8) is 0 Å². The number of nitrogens with zero attached hydrogens (tertiary/aromatic N) is 5. The fourth-order valence-electron chi connectivity index (χ4n) is 2.22. The number of rotatable bonds is 5. The van der Waals surface area contributed by atoms with Crippen LogP contribution in [-0.2, 0) is 11.3 Å². The summed E-state index contributed by atoms with van der Waals surface area (Å²) in [6, 6.07) is 0. The van der Waals surface area contributed by atoms with Gasteiger partial charge in [0.05, 0.1) is 13.2 Å². The fourth-order valence-corrected chi connectivity index (χ4v) is 2.22. The van der Waals surface area contributed by atoms with Crippen molar-refractivity contribution in [3.8, 4) is 0 Å². The standard InChI is InChI=1S/C12H22N6O/c1-13-12(15-4-5-18-10-14-9-16-18)17(2)7-11-3-6-19-8-11/h9-11H,3-8H2,1-2H3,(H,13,15). The molecule has 106 valence electrons. The molecule has 0 aliphatic carbocycles. The smallest absolute Gasteiger partial charge is 0.193 e. The highest BCUT2D eigenvalue weighted by molar-refractivity contribution is 5.79. The van der Waals surface area contributed by atoms with E-state index in [2.05, 4.69) is 32.3 Å². The first-order chi connectivity index (χ1) is 9.29. The molecule has 1 aromatic heterocycles. The van der Waals surface area contributed by atoms with Crippen LogP contribution in [0.1, 0.15) is 6.42 Å². The van der Waals surface area contributed by atoms with E-state index < -0.39 is 0 Å². The average molecular weight is 266 g/mol. The van der Waals surface area contributed by atoms with E-state index in [-0.39, 0.29) is 0 Å². The zero-order chi connectivity index (χ0) is 13.5. The average Bonchev–Trinajstić information content (AvgIpc) is 3.07. The van der Waals surface area contributed by atoms with Crippen LogP contribution in [0.4, 0.5) is 0 Å². The minimum absolute atomic E-state index is 0.610. The monoisotopic (exact) mass is 266 g/mol. The summed E-state index contributed by atoms with van der Waals surface area (Å²) in [5.74, 6) is 1.52. The van der Waals surface area contributed by atoms with Gasteiger partial charge in [0.15, 0.2) is 5.96 Å². The summed E-state index contributed by atoms with van der Waals surface area (Å²) >= 11 is 0. The van der Waals surface area contributed by atoms with E-state index in [1.54, 1.807) is 24.4 Å². The highest BCUT2D eigenvalue weighted by Gasteiger charge is 2.18. The normalized spacial score (nSPS) is 19.7. The van der Waals surface area contributed by atoms with Crippen molar-refractivity contribution in [2.45, 2.75) is 13.0 Å². The maximum absolute atomic E-state index is 5.40. The number of ether oxygens (including phenoxy) is 1. The Bertz CT molecular complexity index is 385. The van der Waals surface area contributed by atoms with E-state index in [1.807, 2.05) is 0 Å². The third-order valence-electron chi connectivity index (χ3n) is 3.22. The van der Waals surface area contributed by atoms with E-state index >= 15 is 0 Å². The summed E-state index contributed by atoms with van der Waals surface area (Å²) in [7, 11) is 3.86. The lowest BCUT2D eigenvalue weighted by atomic mass is 10.1. The Morgan fingerprint density at radius 1 is 1.63 bits per heavy atom. The number of hydrogen-bond acceptors (Lipinski definition) is 4. The van der Waals surface area contributed by atoms with Gasteiger partial charge in [-0.3, -0.25) is 9.67 Å². The van der Waals surface area contributed by atoms with Gasteiger partial charge in [0, 0.05) is 39.7 Å². The molecule has 7 heteroatoms. The van der Waals surface area contributed by atoms with Gasteiger partial charge >= 0.3 is 0 Å². The molecule has 1 atom stereocenters. The summed E-state index contributed by atoms with van der Waals surface area (Å²) < 4.78 is 7.19. The van der Waals surface area contributed by atoms with Gasteiger partial charge in [-0.25, -0.2) is 4.98 Å². The number of hydrogen-bond donors (Lipinski definition) is 1. The van der Waals surface area contributed by atoms with E-state index in [1.165, 1.54) is 0 Å². The predicted molar refractivity (Wildman–Crippen MR) is 72.9 cm³/mol. The van der Waals surface area contributed by atoms with Crippen LogP contribution in [0.15, 0.2) is 17.6 Å². The molecular weight excluding hydrogens is 244 g/mol. The quantitative estimate of drug-likeness (QED) is 0.591. The first kappa shape index (κ1) is 13.8. The third kappa shape index (κ3) is 4.20. The van der Waals surface area contributed by atoms with Crippen LogP contribution in [0.5, 0.6) is 0 Å². The first-order valence-corrected chi connectivity index (χ1v) is 6.61. The zero-order valence-corrected chi connectivity index (χ0v) is 11.6. The minimum atomic E-state index is 0.610. The molecule has 1 aliphatic heterocycles. The second-order valence-corrected chi connectivity index (χ2v) is 4.74. The molecule has 1 aliphatic rings. The van der Waals surface area contributed by atoms with Crippen LogP contribution in [-0.4, -0.2) is 66.0 Å². The Morgan fingerprint density at radius 3 is 3.16 bits per heavy atom. The lowest BCUT2D eigenvalue weighted by molar-refractivity contribution is 0.181. The van der Waals surface area contributed by atoms with Crippen molar-refractivity contribution in [1.82, 2.24) is 25.0 Å². The first-order valence-electron chi connectivity index (χ1n) is 6.61. The topological polar surface area (TPSA) is 67.6 Å². The van der Waals surface area contributed by atoms with Crippen molar-refractivity contribution in [1.29, 1.82) is 0 Å². The zero-order valence-electron chi connectivity index (χ0n) is 11.6. The van der Waals surface area contributed by atoms with E-state index in [9.17, 15) is 0 Å². The number of aromatic nitrogens is 3. The van der Waals surface area contributed by atoms with Crippen LogP contribution in [0.3, 0.4) is 0 Å². The van der Waals surface area contributed by atoms with Crippen molar-refractivity contribution < 1.29 is 4.74 Å². The van der Waals surface area contributed by atoms with Crippen molar-refractivity contribution in [2.75, 3.05) is 40.4 Å². The molecule has 1 aromatic rings. The summed E-state index contributed by atoms with van der Waals surface area (Å²) in [4.78, 5) is 10.4. The summed E-state index contributed by atoms with van der Waals surface area (Å²) in [5.41, 5.74) is 0. The van der Waals surface area contributed by atoms with Crippen LogP contribution >= 0.6 is 0 Å². The van der Waals surface area contributed by atoms with Gasteiger partial charge in [-0.05, 0) is 6.42 Å². The van der Waals surface area contributed by atoms with Crippen molar-refractivity contribution >= 4 is 5.96 Å².